The van der Waals surface area contributed by atoms with E-state index in [0.717, 1.165) is 13.0 Å². The number of nitrogens with zero attached hydrogens (tertiary/aromatic N) is 1. The zero-order valence-electron chi connectivity index (χ0n) is 11.3. The molecule has 0 unspecified atom stereocenters. The van der Waals surface area contributed by atoms with Gasteiger partial charge in [0.25, 0.3) is 5.91 Å². The molecule has 19 heavy (non-hydrogen) atoms. The SMILES string of the molecule is CC(C)[C@H]1OCC[C@@H]1CNC(=O)c1cc(C#N)c[nH]1. The molecule has 1 aromatic rings. The summed E-state index contributed by atoms with van der Waals surface area (Å²) in [5, 5.41) is 11.6. The Morgan fingerprint density at radius 3 is 3.11 bits per heavy atom. The molecular formula is C14H19N3O2. The normalized spacial score (nSPS) is 22.4. The van der Waals surface area contributed by atoms with Gasteiger partial charge in [0.15, 0.2) is 0 Å². The summed E-state index contributed by atoms with van der Waals surface area (Å²) in [4.78, 5) is 14.7. The molecule has 1 saturated heterocycles. The molecule has 0 aliphatic carbocycles. The molecule has 102 valence electrons. The van der Waals surface area contributed by atoms with Crippen molar-refractivity contribution in [3.05, 3.63) is 23.5 Å². The van der Waals surface area contributed by atoms with Gasteiger partial charge in [0.05, 0.1) is 11.7 Å². The summed E-state index contributed by atoms with van der Waals surface area (Å²) >= 11 is 0. The standard InChI is InChI=1S/C14H19N3O2/c1-9(2)13-11(3-4-19-13)8-17-14(18)12-5-10(6-15)7-16-12/h5,7,9,11,13,16H,3-4,8H2,1-2H3,(H,17,18)/t11-,13-/m1/s1. The van der Waals surface area contributed by atoms with Crippen molar-refractivity contribution in [2.75, 3.05) is 13.2 Å². The fourth-order valence-corrected chi connectivity index (χ4v) is 2.52. The number of aromatic nitrogens is 1. The van der Waals surface area contributed by atoms with Crippen LogP contribution in [0.2, 0.25) is 0 Å². The number of carbonyl (C=O) groups excluding carboxylic acids is 1. The maximum Gasteiger partial charge on any atom is 0.267 e. The number of ether oxygens (including phenoxy) is 1. The predicted molar refractivity (Wildman–Crippen MR) is 70.5 cm³/mol. The molecule has 2 atom stereocenters. The van der Waals surface area contributed by atoms with Crippen molar-refractivity contribution in [1.82, 2.24) is 10.3 Å². The quantitative estimate of drug-likeness (QED) is 0.865. The number of nitriles is 1. The molecule has 0 radical (unpaired) electrons. The number of hydrogen-bond acceptors (Lipinski definition) is 3. The molecule has 5 nitrogen and oxygen atoms in total. The molecule has 0 saturated carbocycles. The smallest absolute Gasteiger partial charge is 0.267 e. The van der Waals surface area contributed by atoms with Crippen LogP contribution in [0.25, 0.3) is 0 Å². The summed E-state index contributed by atoms with van der Waals surface area (Å²) in [6.07, 6.45) is 2.74. The molecule has 1 aliphatic heterocycles. The Kier molecular flexibility index (Phi) is 4.23. The van der Waals surface area contributed by atoms with E-state index in [1.54, 1.807) is 6.07 Å². The Hall–Kier alpha value is -1.80. The van der Waals surface area contributed by atoms with Gasteiger partial charge in [-0.3, -0.25) is 4.79 Å². The molecule has 1 aromatic heterocycles. The highest BCUT2D eigenvalue weighted by molar-refractivity contribution is 5.92. The highest BCUT2D eigenvalue weighted by Crippen LogP contribution is 2.26. The molecule has 2 N–H and O–H groups in total. The van der Waals surface area contributed by atoms with Gasteiger partial charge < -0.3 is 15.0 Å². The van der Waals surface area contributed by atoms with Crippen LogP contribution in [-0.4, -0.2) is 30.1 Å². The third-order valence-electron chi connectivity index (χ3n) is 3.50. The van der Waals surface area contributed by atoms with E-state index < -0.39 is 0 Å². The monoisotopic (exact) mass is 261 g/mol. The first-order valence-electron chi connectivity index (χ1n) is 6.60. The third kappa shape index (κ3) is 3.15. The minimum atomic E-state index is -0.170. The second kappa shape index (κ2) is 5.89. The Labute approximate surface area is 113 Å². The number of nitrogens with one attached hydrogen (secondary N) is 2. The number of rotatable bonds is 4. The lowest BCUT2D eigenvalue weighted by Crippen LogP contribution is -2.35. The zero-order chi connectivity index (χ0) is 13.8. The van der Waals surface area contributed by atoms with E-state index in [9.17, 15) is 4.79 Å². The van der Waals surface area contributed by atoms with Crippen LogP contribution < -0.4 is 5.32 Å². The molecule has 1 amide bonds. The van der Waals surface area contributed by atoms with Crippen LogP contribution in [0.4, 0.5) is 0 Å². The first-order chi connectivity index (χ1) is 9.11. The largest absolute Gasteiger partial charge is 0.378 e. The van der Waals surface area contributed by atoms with Crippen LogP contribution in [-0.2, 0) is 4.74 Å². The van der Waals surface area contributed by atoms with E-state index in [-0.39, 0.29) is 12.0 Å². The van der Waals surface area contributed by atoms with Crippen molar-refractivity contribution in [1.29, 1.82) is 5.26 Å². The maximum atomic E-state index is 11.9. The molecule has 0 bridgehead atoms. The summed E-state index contributed by atoms with van der Waals surface area (Å²) < 4.78 is 5.68. The molecule has 1 aliphatic rings. The van der Waals surface area contributed by atoms with Crippen LogP contribution in [0.15, 0.2) is 12.3 Å². The number of hydrogen-bond donors (Lipinski definition) is 2. The van der Waals surface area contributed by atoms with Gasteiger partial charge in [-0.15, -0.1) is 0 Å². The van der Waals surface area contributed by atoms with E-state index in [1.165, 1.54) is 6.20 Å². The Morgan fingerprint density at radius 1 is 1.68 bits per heavy atom. The zero-order valence-corrected chi connectivity index (χ0v) is 11.3. The Bertz CT molecular complexity index is 487. The lowest BCUT2D eigenvalue weighted by Gasteiger charge is -2.22. The molecule has 1 fully saturated rings. The van der Waals surface area contributed by atoms with Gasteiger partial charge in [0.1, 0.15) is 11.8 Å². The average molecular weight is 261 g/mol. The number of aromatic amines is 1. The van der Waals surface area contributed by atoms with Crippen LogP contribution in [0, 0.1) is 23.2 Å². The Balaban J connectivity index is 1.88. The summed E-state index contributed by atoms with van der Waals surface area (Å²) in [5.41, 5.74) is 0.894. The number of H-pyrrole nitrogens is 1. The fraction of sp³-hybridized carbons (Fsp3) is 0.571. The van der Waals surface area contributed by atoms with E-state index in [0.29, 0.717) is 29.6 Å². The predicted octanol–water partition coefficient (Wildman–Crippen LogP) is 1.68. The van der Waals surface area contributed by atoms with Gasteiger partial charge >= 0.3 is 0 Å². The summed E-state index contributed by atoms with van der Waals surface area (Å²) in [5.74, 6) is 0.658. The van der Waals surface area contributed by atoms with Gasteiger partial charge in [-0.2, -0.15) is 5.26 Å². The minimum Gasteiger partial charge on any atom is -0.378 e. The van der Waals surface area contributed by atoms with E-state index in [4.69, 9.17) is 10.00 Å². The van der Waals surface area contributed by atoms with Crippen LogP contribution in [0.3, 0.4) is 0 Å². The average Bonchev–Trinajstić information content (AvgIpc) is 3.04. The van der Waals surface area contributed by atoms with Crippen molar-refractivity contribution in [2.45, 2.75) is 26.4 Å². The lowest BCUT2D eigenvalue weighted by atomic mass is 9.93. The summed E-state index contributed by atoms with van der Waals surface area (Å²) in [6.45, 7) is 5.65. The summed E-state index contributed by atoms with van der Waals surface area (Å²) in [6, 6.07) is 3.55. The molecule has 2 rings (SSSR count). The first kappa shape index (κ1) is 13.6. The van der Waals surface area contributed by atoms with Gasteiger partial charge in [-0.25, -0.2) is 0 Å². The topological polar surface area (TPSA) is 77.9 Å². The molecule has 2 heterocycles. The van der Waals surface area contributed by atoms with Crippen molar-refractivity contribution >= 4 is 5.91 Å². The van der Waals surface area contributed by atoms with Gasteiger partial charge in [0.2, 0.25) is 0 Å². The van der Waals surface area contributed by atoms with E-state index >= 15 is 0 Å². The molecule has 0 aromatic carbocycles. The Morgan fingerprint density at radius 2 is 2.47 bits per heavy atom. The summed E-state index contributed by atoms with van der Waals surface area (Å²) in [7, 11) is 0. The van der Waals surface area contributed by atoms with Gasteiger partial charge in [-0.05, 0) is 18.4 Å². The van der Waals surface area contributed by atoms with Crippen molar-refractivity contribution in [3.63, 3.8) is 0 Å². The number of amides is 1. The number of carbonyl (C=O) groups is 1. The van der Waals surface area contributed by atoms with Gasteiger partial charge in [-0.1, -0.05) is 13.8 Å². The third-order valence-corrected chi connectivity index (χ3v) is 3.50. The lowest BCUT2D eigenvalue weighted by molar-refractivity contribution is 0.0533. The van der Waals surface area contributed by atoms with E-state index in [2.05, 4.69) is 24.1 Å². The first-order valence-corrected chi connectivity index (χ1v) is 6.60. The fourth-order valence-electron chi connectivity index (χ4n) is 2.52. The molecular weight excluding hydrogens is 242 g/mol. The van der Waals surface area contributed by atoms with Crippen molar-refractivity contribution in [3.8, 4) is 6.07 Å². The van der Waals surface area contributed by atoms with Crippen LogP contribution in [0.5, 0.6) is 0 Å². The minimum absolute atomic E-state index is 0.170. The van der Waals surface area contributed by atoms with Crippen molar-refractivity contribution < 1.29 is 9.53 Å². The molecule has 0 spiro atoms. The highest BCUT2D eigenvalue weighted by Gasteiger charge is 2.30. The van der Waals surface area contributed by atoms with E-state index in [1.807, 2.05) is 6.07 Å². The second-order valence-corrected chi connectivity index (χ2v) is 5.25. The second-order valence-electron chi connectivity index (χ2n) is 5.25. The van der Waals surface area contributed by atoms with Crippen LogP contribution >= 0.6 is 0 Å². The maximum absolute atomic E-state index is 11.9. The highest BCUT2D eigenvalue weighted by atomic mass is 16.5. The molecule has 5 heteroatoms. The van der Waals surface area contributed by atoms with Crippen LogP contribution in [0.1, 0.15) is 36.3 Å². The van der Waals surface area contributed by atoms with Crippen molar-refractivity contribution in [2.24, 2.45) is 11.8 Å². The van der Waals surface area contributed by atoms with Gasteiger partial charge in [0, 0.05) is 25.3 Å².